The van der Waals surface area contributed by atoms with Crippen LogP contribution in [-0.4, -0.2) is 71.8 Å². The molecule has 31 heavy (non-hydrogen) atoms. The SMILES string of the molecule is COc1ccc(C2=C(N(C)C3CCN(C)CC3)C(=O)N(Cc3cccnc3)C2=O)cc1. The minimum atomic E-state index is -0.270. The number of nitrogens with zero attached hydrogens (tertiary/aromatic N) is 4. The van der Waals surface area contributed by atoms with Crippen molar-refractivity contribution in [2.75, 3.05) is 34.3 Å². The molecule has 7 heteroatoms. The molecule has 4 rings (SSSR count). The second-order valence-electron chi connectivity index (χ2n) is 8.16. The summed E-state index contributed by atoms with van der Waals surface area (Å²) < 4.78 is 5.26. The molecule has 162 valence electrons. The van der Waals surface area contributed by atoms with Gasteiger partial charge in [-0.05, 0) is 62.3 Å². The molecule has 0 spiro atoms. The largest absolute Gasteiger partial charge is 0.497 e. The van der Waals surface area contributed by atoms with E-state index in [4.69, 9.17) is 4.74 Å². The number of pyridine rings is 1. The zero-order valence-electron chi connectivity index (χ0n) is 18.2. The molecule has 1 aromatic heterocycles. The van der Waals surface area contributed by atoms with Crippen LogP contribution < -0.4 is 4.74 Å². The maximum absolute atomic E-state index is 13.5. The van der Waals surface area contributed by atoms with Crippen molar-refractivity contribution in [3.63, 3.8) is 0 Å². The first-order chi connectivity index (χ1) is 15.0. The van der Waals surface area contributed by atoms with E-state index in [-0.39, 0.29) is 24.4 Å². The Kier molecular flexibility index (Phi) is 6.04. The number of ether oxygens (including phenoxy) is 1. The molecule has 3 heterocycles. The molecular formula is C24H28N4O3. The van der Waals surface area contributed by atoms with Crippen molar-refractivity contribution >= 4 is 17.4 Å². The van der Waals surface area contributed by atoms with E-state index in [1.165, 1.54) is 4.90 Å². The third-order valence-corrected chi connectivity index (χ3v) is 6.17. The highest BCUT2D eigenvalue weighted by atomic mass is 16.5. The lowest BCUT2D eigenvalue weighted by molar-refractivity contribution is -0.138. The molecule has 2 aliphatic rings. The van der Waals surface area contributed by atoms with Gasteiger partial charge in [-0.25, -0.2) is 0 Å². The first kappa shape index (κ1) is 21.1. The van der Waals surface area contributed by atoms with Crippen LogP contribution in [0.1, 0.15) is 24.0 Å². The summed E-state index contributed by atoms with van der Waals surface area (Å²) in [6.45, 7) is 2.15. The van der Waals surface area contributed by atoms with Gasteiger partial charge in [0.1, 0.15) is 11.4 Å². The number of benzene rings is 1. The van der Waals surface area contributed by atoms with E-state index in [2.05, 4.69) is 16.9 Å². The lowest BCUT2D eigenvalue weighted by Crippen LogP contribution is -2.43. The average Bonchev–Trinajstić information content (AvgIpc) is 3.04. The Morgan fingerprint density at radius 3 is 2.42 bits per heavy atom. The number of likely N-dealkylation sites (tertiary alicyclic amines) is 1. The Labute approximate surface area is 182 Å². The molecule has 0 unspecified atom stereocenters. The van der Waals surface area contributed by atoms with E-state index in [9.17, 15) is 9.59 Å². The fourth-order valence-electron chi connectivity index (χ4n) is 4.29. The standard InChI is InChI=1S/C24H28N4O3/c1-26-13-10-19(11-14-26)27(2)22-21(18-6-8-20(31-3)9-7-18)23(29)28(24(22)30)16-17-5-4-12-25-15-17/h4-9,12,15,19H,10-11,13-14,16H2,1-3H3. The van der Waals surface area contributed by atoms with Gasteiger partial charge in [0.05, 0.1) is 19.2 Å². The summed E-state index contributed by atoms with van der Waals surface area (Å²) in [7, 11) is 5.65. The van der Waals surface area contributed by atoms with Crippen molar-refractivity contribution < 1.29 is 14.3 Å². The Hall–Kier alpha value is -3.19. The van der Waals surface area contributed by atoms with Crippen molar-refractivity contribution in [2.24, 2.45) is 0 Å². The molecule has 1 saturated heterocycles. The van der Waals surface area contributed by atoms with E-state index in [0.29, 0.717) is 17.0 Å². The minimum Gasteiger partial charge on any atom is -0.497 e. The number of carbonyl (C=O) groups is 2. The van der Waals surface area contributed by atoms with Gasteiger partial charge in [-0.15, -0.1) is 0 Å². The quantitative estimate of drug-likeness (QED) is 0.669. The Morgan fingerprint density at radius 1 is 1.10 bits per heavy atom. The van der Waals surface area contributed by atoms with Crippen LogP contribution in [0.2, 0.25) is 0 Å². The molecule has 0 radical (unpaired) electrons. The second-order valence-corrected chi connectivity index (χ2v) is 8.16. The number of methoxy groups -OCH3 is 1. The summed E-state index contributed by atoms with van der Waals surface area (Å²) in [6.07, 6.45) is 5.27. The molecule has 1 aromatic carbocycles. The molecule has 2 aliphatic heterocycles. The van der Waals surface area contributed by atoms with Crippen molar-refractivity contribution in [1.82, 2.24) is 19.7 Å². The van der Waals surface area contributed by atoms with Crippen molar-refractivity contribution in [2.45, 2.75) is 25.4 Å². The van der Waals surface area contributed by atoms with Crippen LogP contribution in [0.15, 0.2) is 54.5 Å². The Morgan fingerprint density at radius 2 is 1.81 bits per heavy atom. The summed E-state index contributed by atoms with van der Waals surface area (Å²) in [5, 5.41) is 0. The van der Waals surface area contributed by atoms with Crippen molar-refractivity contribution in [3.05, 3.63) is 65.6 Å². The second kappa shape index (κ2) is 8.89. The van der Waals surface area contributed by atoms with Crippen LogP contribution in [-0.2, 0) is 16.1 Å². The zero-order valence-corrected chi connectivity index (χ0v) is 18.2. The smallest absolute Gasteiger partial charge is 0.278 e. The number of imide groups is 1. The van der Waals surface area contributed by atoms with E-state index in [1.54, 1.807) is 19.5 Å². The Bertz CT molecular complexity index is 980. The van der Waals surface area contributed by atoms with Gasteiger partial charge in [0.2, 0.25) is 0 Å². The molecular weight excluding hydrogens is 392 g/mol. The minimum absolute atomic E-state index is 0.204. The summed E-state index contributed by atoms with van der Waals surface area (Å²) in [4.78, 5) is 36.8. The van der Waals surface area contributed by atoms with E-state index in [0.717, 1.165) is 37.1 Å². The first-order valence-corrected chi connectivity index (χ1v) is 10.5. The number of likely N-dealkylation sites (N-methyl/N-ethyl adjacent to an activating group) is 1. The van der Waals surface area contributed by atoms with Gasteiger partial charge in [0.15, 0.2) is 0 Å². The fourth-order valence-corrected chi connectivity index (χ4v) is 4.29. The highest BCUT2D eigenvalue weighted by Gasteiger charge is 2.42. The van der Waals surface area contributed by atoms with Crippen molar-refractivity contribution in [3.8, 4) is 5.75 Å². The lowest BCUT2D eigenvalue weighted by atomic mass is 10.00. The molecule has 7 nitrogen and oxygen atoms in total. The molecule has 1 fully saturated rings. The maximum Gasteiger partial charge on any atom is 0.278 e. The Balaban J connectivity index is 1.71. The van der Waals surface area contributed by atoms with Gasteiger partial charge in [-0.1, -0.05) is 18.2 Å². The summed E-state index contributed by atoms with van der Waals surface area (Å²) in [6, 6.07) is 11.2. The normalized spacial score (nSPS) is 18.1. The van der Waals surface area contributed by atoms with Crippen LogP contribution in [0, 0.1) is 0 Å². The van der Waals surface area contributed by atoms with Crippen LogP contribution in [0.25, 0.3) is 5.57 Å². The van der Waals surface area contributed by atoms with Crippen LogP contribution in [0.4, 0.5) is 0 Å². The lowest BCUT2D eigenvalue weighted by Gasteiger charge is -2.36. The number of carbonyl (C=O) groups excluding carboxylic acids is 2. The molecule has 0 bridgehead atoms. The van der Waals surface area contributed by atoms with Crippen molar-refractivity contribution in [1.29, 1.82) is 0 Å². The summed E-state index contributed by atoms with van der Waals surface area (Å²) >= 11 is 0. The molecule has 0 N–H and O–H groups in total. The fraction of sp³-hybridized carbons (Fsp3) is 0.375. The third kappa shape index (κ3) is 4.18. The zero-order chi connectivity index (χ0) is 22.0. The molecule has 0 atom stereocenters. The highest BCUT2D eigenvalue weighted by molar-refractivity contribution is 6.35. The number of piperidine rings is 1. The monoisotopic (exact) mass is 420 g/mol. The van der Waals surface area contributed by atoms with Crippen LogP contribution in [0.3, 0.4) is 0 Å². The van der Waals surface area contributed by atoms with Crippen LogP contribution >= 0.6 is 0 Å². The third-order valence-electron chi connectivity index (χ3n) is 6.17. The number of rotatable bonds is 6. The predicted octanol–water partition coefficient (Wildman–Crippen LogP) is 2.40. The topological polar surface area (TPSA) is 66.0 Å². The number of aromatic nitrogens is 1. The highest BCUT2D eigenvalue weighted by Crippen LogP contribution is 2.34. The predicted molar refractivity (Wildman–Crippen MR) is 118 cm³/mol. The van der Waals surface area contributed by atoms with Gasteiger partial charge in [0.25, 0.3) is 11.8 Å². The van der Waals surface area contributed by atoms with Gasteiger partial charge < -0.3 is 14.5 Å². The van der Waals surface area contributed by atoms with Gasteiger partial charge in [-0.2, -0.15) is 0 Å². The van der Waals surface area contributed by atoms with Gasteiger partial charge in [-0.3, -0.25) is 19.5 Å². The molecule has 0 aliphatic carbocycles. The first-order valence-electron chi connectivity index (χ1n) is 10.5. The van der Waals surface area contributed by atoms with Gasteiger partial charge >= 0.3 is 0 Å². The average molecular weight is 421 g/mol. The molecule has 2 amide bonds. The van der Waals surface area contributed by atoms with Crippen LogP contribution in [0.5, 0.6) is 5.75 Å². The summed E-state index contributed by atoms with van der Waals surface area (Å²) in [5.74, 6) is 0.188. The number of hydrogen-bond donors (Lipinski definition) is 0. The number of amides is 2. The van der Waals surface area contributed by atoms with Gasteiger partial charge in [0, 0.05) is 25.5 Å². The van der Waals surface area contributed by atoms with E-state index in [1.807, 2.05) is 48.3 Å². The van der Waals surface area contributed by atoms with E-state index < -0.39 is 0 Å². The molecule has 2 aromatic rings. The maximum atomic E-state index is 13.5. The molecule has 0 saturated carbocycles. The van der Waals surface area contributed by atoms with E-state index >= 15 is 0 Å². The summed E-state index contributed by atoms with van der Waals surface area (Å²) in [5.41, 5.74) is 2.48. The number of hydrogen-bond acceptors (Lipinski definition) is 6.